The first-order valence-corrected chi connectivity index (χ1v) is 11.1. The number of carboxylic acids is 1. The summed E-state index contributed by atoms with van der Waals surface area (Å²) >= 11 is 0. The molecule has 0 aliphatic carbocycles. The Balaban J connectivity index is 3.20. The van der Waals surface area contributed by atoms with E-state index in [1.165, 1.54) is 70.6 Å². The molecular formula is C23H44O3. The average molecular weight is 369 g/mol. The van der Waals surface area contributed by atoms with Gasteiger partial charge in [-0.3, -0.25) is 9.59 Å². The fourth-order valence-corrected chi connectivity index (χ4v) is 3.22. The fraction of sp³-hybridized carbons (Fsp3) is 0.913. The number of carboxylic acid groups (broad SMARTS) is 1. The summed E-state index contributed by atoms with van der Waals surface area (Å²) in [5.74, 6) is -0.235. The lowest BCUT2D eigenvalue weighted by Gasteiger charge is -2.20. The molecule has 0 aromatic heterocycles. The third-order valence-electron chi connectivity index (χ3n) is 5.68. The van der Waals surface area contributed by atoms with E-state index in [-0.39, 0.29) is 5.41 Å². The van der Waals surface area contributed by atoms with E-state index in [4.69, 9.17) is 5.11 Å². The van der Waals surface area contributed by atoms with Crippen LogP contribution in [0.15, 0.2) is 0 Å². The van der Waals surface area contributed by atoms with Gasteiger partial charge in [0.05, 0.1) is 0 Å². The van der Waals surface area contributed by atoms with Crippen LogP contribution in [0, 0.1) is 5.41 Å². The van der Waals surface area contributed by atoms with Crippen LogP contribution in [0.25, 0.3) is 0 Å². The fourth-order valence-electron chi connectivity index (χ4n) is 3.22. The molecule has 0 saturated carbocycles. The summed E-state index contributed by atoms with van der Waals surface area (Å²) in [5.41, 5.74) is -0.127. The largest absolute Gasteiger partial charge is 0.481 e. The number of Topliss-reactive ketones (excluding diaryl/α,β-unsaturated/α-hetero) is 1. The van der Waals surface area contributed by atoms with E-state index < -0.39 is 5.97 Å². The molecule has 0 aromatic carbocycles. The standard InChI is InChI=1S/C23H44O3/c1-4-23(2,3)21(24)19-17-15-13-11-9-7-5-6-8-10-12-14-16-18-20-22(25)26/h4-20H2,1-3H3,(H,25,26). The Hall–Kier alpha value is -0.860. The lowest BCUT2D eigenvalue weighted by Crippen LogP contribution is -2.22. The third-order valence-corrected chi connectivity index (χ3v) is 5.68. The van der Waals surface area contributed by atoms with Crippen molar-refractivity contribution in [3.8, 4) is 0 Å². The molecule has 26 heavy (non-hydrogen) atoms. The van der Waals surface area contributed by atoms with Crippen LogP contribution in [-0.2, 0) is 9.59 Å². The predicted octanol–water partition coefficient (Wildman–Crippen LogP) is 7.32. The van der Waals surface area contributed by atoms with Crippen LogP contribution in [0.4, 0.5) is 0 Å². The second-order valence-electron chi connectivity index (χ2n) is 8.50. The van der Waals surface area contributed by atoms with Gasteiger partial charge in [0, 0.05) is 18.3 Å². The molecule has 3 heteroatoms. The highest BCUT2D eigenvalue weighted by atomic mass is 16.4. The van der Waals surface area contributed by atoms with Crippen molar-refractivity contribution in [2.24, 2.45) is 5.41 Å². The van der Waals surface area contributed by atoms with E-state index in [9.17, 15) is 9.59 Å². The van der Waals surface area contributed by atoms with E-state index in [0.29, 0.717) is 12.2 Å². The van der Waals surface area contributed by atoms with Gasteiger partial charge in [-0.1, -0.05) is 97.8 Å². The van der Waals surface area contributed by atoms with Gasteiger partial charge in [-0.25, -0.2) is 0 Å². The topological polar surface area (TPSA) is 54.4 Å². The Morgan fingerprint density at radius 1 is 0.615 bits per heavy atom. The zero-order chi connectivity index (χ0) is 19.7. The molecule has 0 heterocycles. The molecule has 0 radical (unpaired) electrons. The highest BCUT2D eigenvalue weighted by Gasteiger charge is 2.23. The van der Waals surface area contributed by atoms with E-state index in [1.807, 2.05) is 0 Å². The summed E-state index contributed by atoms with van der Waals surface area (Å²) in [7, 11) is 0. The molecule has 0 atom stereocenters. The second kappa shape index (κ2) is 16.3. The second-order valence-corrected chi connectivity index (χ2v) is 8.50. The number of ketones is 1. The van der Waals surface area contributed by atoms with Crippen LogP contribution >= 0.6 is 0 Å². The first-order valence-electron chi connectivity index (χ1n) is 11.1. The summed E-state index contributed by atoms with van der Waals surface area (Å²) in [6, 6.07) is 0. The van der Waals surface area contributed by atoms with Crippen LogP contribution in [0.2, 0.25) is 0 Å². The van der Waals surface area contributed by atoms with Gasteiger partial charge in [0.15, 0.2) is 0 Å². The van der Waals surface area contributed by atoms with E-state index in [1.54, 1.807) is 0 Å². The monoisotopic (exact) mass is 368 g/mol. The van der Waals surface area contributed by atoms with Gasteiger partial charge >= 0.3 is 5.97 Å². The van der Waals surface area contributed by atoms with Crippen LogP contribution in [0.3, 0.4) is 0 Å². The first kappa shape index (κ1) is 25.1. The summed E-state index contributed by atoms with van der Waals surface area (Å²) < 4.78 is 0. The number of hydrogen-bond donors (Lipinski definition) is 1. The molecule has 0 aromatic rings. The quantitative estimate of drug-likeness (QED) is 0.243. The number of aliphatic carboxylic acids is 1. The Morgan fingerprint density at radius 2 is 0.923 bits per heavy atom. The van der Waals surface area contributed by atoms with Gasteiger partial charge in [-0.15, -0.1) is 0 Å². The van der Waals surface area contributed by atoms with Crippen molar-refractivity contribution >= 4 is 11.8 Å². The van der Waals surface area contributed by atoms with Gasteiger partial charge in [-0.05, 0) is 19.3 Å². The van der Waals surface area contributed by atoms with Gasteiger partial charge in [-0.2, -0.15) is 0 Å². The van der Waals surface area contributed by atoms with Gasteiger partial charge in [0.2, 0.25) is 0 Å². The van der Waals surface area contributed by atoms with Gasteiger partial charge < -0.3 is 5.11 Å². The van der Waals surface area contributed by atoms with Crippen molar-refractivity contribution in [1.82, 2.24) is 0 Å². The molecule has 0 spiro atoms. The Bertz CT molecular complexity index is 360. The lowest BCUT2D eigenvalue weighted by molar-refractivity contribution is -0.137. The maximum Gasteiger partial charge on any atom is 0.303 e. The molecule has 0 amide bonds. The molecule has 0 bridgehead atoms. The maximum atomic E-state index is 12.0. The number of rotatable bonds is 19. The molecule has 0 aliphatic rings. The first-order chi connectivity index (χ1) is 12.4. The number of carbonyl (C=O) groups excluding carboxylic acids is 1. The van der Waals surface area contributed by atoms with Crippen LogP contribution < -0.4 is 0 Å². The highest BCUT2D eigenvalue weighted by Crippen LogP contribution is 2.24. The average Bonchev–Trinajstić information content (AvgIpc) is 2.60. The zero-order valence-electron chi connectivity index (χ0n) is 17.8. The number of unbranched alkanes of at least 4 members (excludes halogenated alkanes) is 13. The Morgan fingerprint density at radius 3 is 1.23 bits per heavy atom. The Labute approximate surface area is 162 Å². The van der Waals surface area contributed by atoms with Crippen molar-refractivity contribution < 1.29 is 14.7 Å². The van der Waals surface area contributed by atoms with Crippen molar-refractivity contribution in [3.05, 3.63) is 0 Å². The summed E-state index contributed by atoms with van der Waals surface area (Å²) in [6.07, 6.45) is 19.2. The highest BCUT2D eigenvalue weighted by molar-refractivity contribution is 5.83. The molecule has 3 nitrogen and oxygen atoms in total. The molecule has 0 saturated heterocycles. The van der Waals surface area contributed by atoms with Gasteiger partial charge in [0.25, 0.3) is 0 Å². The molecule has 0 unspecified atom stereocenters. The minimum atomic E-state index is -0.668. The van der Waals surface area contributed by atoms with Crippen molar-refractivity contribution in [2.45, 2.75) is 130 Å². The Kier molecular flexibility index (Phi) is 15.8. The third kappa shape index (κ3) is 15.4. The van der Waals surface area contributed by atoms with E-state index in [2.05, 4.69) is 20.8 Å². The van der Waals surface area contributed by atoms with Gasteiger partial charge in [0.1, 0.15) is 5.78 Å². The molecule has 1 N–H and O–H groups in total. The predicted molar refractivity (Wildman–Crippen MR) is 111 cm³/mol. The van der Waals surface area contributed by atoms with E-state index >= 15 is 0 Å². The maximum absolute atomic E-state index is 12.0. The SMILES string of the molecule is CCC(C)(C)C(=O)CCCCCCCCCCCCCCCCC(=O)O. The number of hydrogen-bond acceptors (Lipinski definition) is 2. The molecule has 154 valence electrons. The summed E-state index contributed by atoms with van der Waals surface area (Å²) in [4.78, 5) is 22.4. The zero-order valence-corrected chi connectivity index (χ0v) is 17.8. The van der Waals surface area contributed by atoms with E-state index in [0.717, 1.165) is 32.1 Å². The van der Waals surface area contributed by atoms with Crippen molar-refractivity contribution in [1.29, 1.82) is 0 Å². The molecular weight excluding hydrogens is 324 g/mol. The molecule has 0 aliphatic heterocycles. The molecule has 0 fully saturated rings. The van der Waals surface area contributed by atoms with Crippen LogP contribution in [0.1, 0.15) is 130 Å². The minimum Gasteiger partial charge on any atom is -0.481 e. The minimum absolute atomic E-state index is 0.127. The number of carbonyl (C=O) groups is 2. The van der Waals surface area contributed by atoms with Crippen molar-refractivity contribution in [2.75, 3.05) is 0 Å². The van der Waals surface area contributed by atoms with Crippen LogP contribution in [0.5, 0.6) is 0 Å². The smallest absolute Gasteiger partial charge is 0.303 e. The molecule has 0 rings (SSSR count). The summed E-state index contributed by atoms with van der Waals surface area (Å²) in [6.45, 7) is 6.23. The van der Waals surface area contributed by atoms with Crippen molar-refractivity contribution in [3.63, 3.8) is 0 Å². The normalized spacial score (nSPS) is 11.7. The summed E-state index contributed by atoms with van der Waals surface area (Å²) in [5, 5.41) is 8.56. The van der Waals surface area contributed by atoms with Crippen LogP contribution in [-0.4, -0.2) is 16.9 Å². The lowest BCUT2D eigenvalue weighted by atomic mass is 9.83.